The van der Waals surface area contributed by atoms with Crippen molar-refractivity contribution in [3.63, 3.8) is 0 Å². The smallest absolute Gasteiger partial charge is 0.129 e. The van der Waals surface area contributed by atoms with Gasteiger partial charge in [-0.25, -0.2) is 0 Å². The zero-order chi connectivity index (χ0) is 15.8. The third-order valence-corrected chi connectivity index (χ3v) is 3.14. The molecule has 0 saturated carbocycles. The number of hydrogen-bond acceptors (Lipinski definition) is 4. The highest BCUT2D eigenvalue weighted by Gasteiger charge is 2.09. The normalized spacial score (nSPS) is 12.8. The number of hydrogen-bond donors (Lipinski definition) is 1. The molecule has 1 aromatic rings. The van der Waals surface area contributed by atoms with E-state index in [4.69, 9.17) is 5.73 Å². The number of nitrogens with zero attached hydrogens (tertiary/aromatic N) is 4. The fourth-order valence-electron chi connectivity index (χ4n) is 1.89. The molecule has 0 aliphatic carbocycles. The van der Waals surface area contributed by atoms with Gasteiger partial charge in [0.05, 0.1) is 0 Å². The van der Waals surface area contributed by atoms with Gasteiger partial charge in [-0.05, 0) is 44.8 Å². The van der Waals surface area contributed by atoms with Crippen molar-refractivity contribution in [3.05, 3.63) is 36.0 Å². The van der Waals surface area contributed by atoms with E-state index in [1.807, 2.05) is 50.1 Å². The number of anilines is 2. The van der Waals surface area contributed by atoms with Crippen molar-refractivity contribution in [3.8, 4) is 0 Å². The highest BCUT2D eigenvalue weighted by molar-refractivity contribution is 6.07. The molecule has 0 fully saturated rings. The fraction of sp³-hybridized carbons (Fsp3) is 0.312. The van der Waals surface area contributed by atoms with Crippen molar-refractivity contribution >= 4 is 29.6 Å². The van der Waals surface area contributed by atoms with Gasteiger partial charge in [0.25, 0.3) is 0 Å². The Kier molecular flexibility index (Phi) is 6.33. The van der Waals surface area contributed by atoms with Gasteiger partial charge in [-0.15, -0.1) is 0 Å². The number of nitrogen functional groups attached to an aromatic ring is 1. The zero-order valence-corrected chi connectivity index (χ0v) is 13.2. The van der Waals surface area contributed by atoms with E-state index in [0.29, 0.717) is 12.2 Å². The maximum Gasteiger partial charge on any atom is 0.129 e. The number of rotatable bonds is 5. The van der Waals surface area contributed by atoms with Crippen LogP contribution in [0.2, 0.25) is 0 Å². The molecule has 21 heavy (non-hydrogen) atoms. The van der Waals surface area contributed by atoms with Gasteiger partial charge in [-0.1, -0.05) is 0 Å². The standard InChI is InChI=1S/C16H23N5/c1-6-20-16(9-10-18-3)21(5)13-7-8-14(12(2)19-4)15(17)11-13/h7-11H,3,6,17H2,1-2,4-5H3/b10-9-,19-12?,20-16?. The predicted molar refractivity (Wildman–Crippen MR) is 94.1 cm³/mol. The largest absolute Gasteiger partial charge is 0.398 e. The lowest BCUT2D eigenvalue weighted by atomic mass is 10.1. The first-order chi connectivity index (χ1) is 10.0. The summed E-state index contributed by atoms with van der Waals surface area (Å²) in [6.45, 7) is 8.06. The van der Waals surface area contributed by atoms with E-state index in [9.17, 15) is 0 Å². The fourth-order valence-corrected chi connectivity index (χ4v) is 1.89. The summed E-state index contributed by atoms with van der Waals surface area (Å²) in [6.07, 6.45) is 3.44. The van der Waals surface area contributed by atoms with Crippen LogP contribution in [0.5, 0.6) is 0 Å². The molecule has 0 heterocycles. The number of likely N-dealkylation sites (N-methyl/N-ethyl adjacent to an activating group) is 1. The molecule has 112 valence electrons. The van der Waals surface area contributed by atoms with Crippen molar-refractivity contribution in [2.24, 2.45) is 15.0 Å². The second-order valence-corrected chi connectivity index (χ2v) is 4.47. The zero-order valence-electron chi connectivity index (χ0n) is 13.2. The van der Waals surface area contributed by atoms with Gasteiger partial charge in [0, 0.05) is 49.5 Å². The number of amidine groups is 1. The Bertz CT molecular complexity index is 584. The maximum absolute atomic E-state index is 6.12. The van der Waals surface area contributed by atoms with E-state index in [2.05, 4.69) is 21.7 Å². The SMILES string of the molecule is C=N/C=C\C(=NCC)N(C)c1ccc(C(C)=NC)c(N)c1. The number of aliphatic imine (C=N–C) groups is 3. The monoisotopic (exact) mass is 285 g/mol. The van der Waals surface area contributed by atoms with Crippen molar-refractivity contribution < 1.29 is 0 Å². The summed E-state index contributed by atoms with van der Waals surface area (Å²) in [6, 6.07) is 5.90. The molecule has 0 amide bonds. The lowest BCUT2D eigenvalue weighted by molar-refractivity contribution is 1.10. The van der Waals surface area contributed by atoms with E-state index < -0.39 is 0 Å². The van der Waals surface area contributed by atoms with Gasteiger partial charge in [0.15, 0.2) is 0 Å². The molecule has 0 aliphatic heterocycles. The molecule has 0 bridgehead atoms. The van der Waals surface area contributed by atoms with Crippen LogP contribution < -0.4 is 10.6 Å². The first-order valence-corrected chi connectivity index (χ1v) is 6.79. The second kappa shape index (κ2) is 7.99. The van der Waals surface area contributed by atoms with Crippen LogP contribution in [-0.4, -0.2) is 38.9 Å². The molecule has 5 heteroatoms. The number of nitrogens with two attached hydrogens (primary N) is 1. The minimum Gasteiger partial charge on any atom is -0.398 e. The van der Waals surface area contributed by atoms with Gasteiger partial charge in [0.1, 0.15) is 5.84 Å². The average Bonchev–Trinajstić information content (AvgIpc) is 2.49. The molecule has 5 nitrogen and oxygen atoms in total. The Morgan fingerprint density at radius 3 is 2.67 bits per heavy atom. The Morgan fingerprint density at radius 1 is 1.43 bits per heavy atom. The van der Waals surface area contributed by atoms with Gasteiger partial charge < -0.3 is 10.6 Å². The van der Waals surface area contributed by atoms with E-state index in [1.165, 1.54) is 0 Å². The molecule has 2 N–H and O–H groups in total. The summed E-state index contributed by atoms with van der Waals surface area (Å²) in [7, 11) is 3.70. The van der Waals surface area contributed by atoms with Crippen LogP contribution in [0.15, 0.2) is 45.5 Å². The van der Waals surface area contributed by atoms with E-state index in [-0.39, 0.29) is 0 Å². The first-order valence-electron chi connectivity index (χ1n) is 6.79. The van der Waals surface area contributed by atoms with Crippen molar-refractivity contribution in [1.82, 2.24) is 0 Å². The lowest BCUT2D eigenvalue weighted by Crippen LogP contribution is -2.25. The Labute approximate surface area is 126 Å². The molecule has 0 aliphatic rings. The second-order valence-electron chi connectivity index (χ2n) is 4.47. The van der Waals surface area contributed by atoms with Crippen LogP contribution in [0.3, 0.4) is 0 Å². The van der Waals surface area contributed by atoms with Crippen molar-refractivity contribution in [1.29, 1.82) is 0 Å². The summed E-state index contributed by atoms with van der Waals surface area (Å²) >= 11 is 0. The summed E-state index contributed by atoms with van der Waals surface area (Å²) in [5, 5.41) is 0. The van der Waals surface area contributed by atoms with Gasteiger partial charge >= 0.3 is 0 Å². The molecular formula is C16H23N5. The van der Waals surface area contributed by atoms with E-state index in [0.717, 1.165) is 22.8 Å². The van der Waals surface area contributed by atoms with Crippen molar-refractivity contribution in [2.45, 2.75) is 13.8 Å². The van der Waals surface area contributed by atoms with Crippen LogP contribution in [-0.2, 0) is 0 Å². The van der Waals surface area contributed by atoms with Gasteiger partial charge in [-0.3, -0.25) is 15.0 Å². The minimum absolute atomic E-state index is 0.691. The minimum atomic E-state index is 0.691. The third-order valence-electron chi connectivity index (χ3n) is 3.14. The molecule has 0 saturated heterocycles. The summed E-state index contributed by atoms with van der Waals surface area (Å²) in [5.41, 5.74) is 9.64. The summed E-state index contributed by atoms with van der Waals surface area (Å²) in [4.78, 5) is 14.3. The topological polar surface area (TPSA) is 66.3 Å². The van der Waals surface area contributed by atoms with Gasteiger partial charge in [-0.2, -0.15) is 0 Å². The lowest BCUT2D eigenvalue weighted by Gasteiger charge is -2.20. The number of benzene rings is 1. The first kappa shape index (κ1) is 16.6. The quantitative estimate of drug-likeness (QED) is 0.513. The van der Waals surface area contributed by atoms with Crippen LogP contribution >= 0.6 is 0 Å². The summed E-state index contributed by atoms with van der Waals surface area (Å²) in [5.74, 6) is 0.804. The van der Waals surface area contributed by atoms with Crippen molar-refractivity contribution in [2.75, 3.05) is 31.3 Å². The molecule has 0 spiro atoms. The van der Waals surface area contributed by atoms with Gasteiger partial charge in [0.2, 0.25) is 0 Å². The van der Waals surface area contributed by atoms with Crippen LogP contribution in [0.4, 0.5) is 11.4 Å². The molecule has 0 unspecified atom stereocenters. The summed E-state index contributed by atoms with van der Waals surface area (Å²) < 4.78 is 0. The molecule has 1 aromatic carbocycles. The average molecular weight is 285 g/mol. The Hall–Kier alpha value is -2.43. The molecule has 0 aromatic heterocycles. The van der Waals surface area contributed by atoms with E-state index in [1.54, 1.807) is 13.2 Å². The highest BCUT2D eigenvalue weighted by Crippen LogP contribution is 2.22. The highest BCUT2D eigenvalue weighted by atomic mass is 15.2. The van der Waals surface area contributed by atoms with Crippen LogP contribution in [0.25, 0.3) is 0 Å². The Morgan fingerprint density at radius 2 is 2.14 bits per heavy atom. The molecular weight excluding hydrogens is 262 g/mol. The predicted octanol–water partition coefficient (Wildman–Crippen LogP) is 2.78. The van der Waals surface area contributed by atoms with Crippen LogP contribution in [0.1, 0.15) is 19.4 Å². The van der Waals surface area contributed by atoms with E-state index >= 15 is 0 Å². The molecule has 1 rings (SSSR count). The Balaban J connectivity index is 3.15. The molecule has 0 radical (unpaired) electrons. The van der Waals surface area contributed by atoms with Crippen LogP contribution in [0, 0.1) is 0 Å². The molecule has 0 atom stereocenters. The third kappa shape index (κ3) is 4.27. The maximum atomic E-state index is 6.12.